The van der Waals surface area contributed by atoms with E-state index in [0.29, 0.717) is 23.5 Å². The summed E-state index contributed by atoms with van der Waals surface area (Å²) in [7, 11) is 0. The van der Waals surface area contributed by atoms with Crippen LogP contribution in [-0.4, -0.2) is 49.0 Å². The number of aromatic amines is 1. The fourth-order valence-corrected chi connectivity index (χ4v) is 4.93. The van der Waals surface area contributed by atoms with Crippen molar-refractivity contribution in [3.05, 3.63) is 35.9 Å². The summed E-state index contributed by atoms with van der Waals surface area (Å²) in [5.74, 6) is 2.41. The molecule has 9 heteroatoms. The van der Waals surface area contributed by atoms with Gasteiger partial charge < -0.3 is 20.4 Å². The molecule has 2 fully saturated rings. The Bertz CT molecular complexity index is 1160. The van der Waals surface area contributed by atoms with Crippen LogP contribution in [0, 0.1) is 5.92 Å². The maximum atomic E-state index is 12.2. The van der Waals surface area contributed by atoms with Crippen LogP contribution >= 0.6 is 0 Å². The molecule has 0 radical (unpaired) electrons. The molecule has 156 valence electrons. The summed E-state index contributed by atoms with van der Waals surface area (Å²) in [5.41, 5.74) is 3.24. The molecule has 9 nitrogen and oxygen atoms in total. The van der Waals surface area contributed by atoms with Crippen molar-refractivity contribution in [2.24, 2.45) is 5.92 Å². The Kier molecular flexibility index (Phi) is 3.97. The van der Waals surface area contributed by atoms with E-state index in [1.165, 1.54) is 0 Å². The van der Waals surface area contributed by atoms with Crippen LogP contribution in [0.1, 0.15) is 50.8 Å². The molecule has 4 heterocycles. The molecule has 3 aliphatic rings. The van der Waals surface area contributed by atoms with Crippen molar-refractivity contribution in [2.45, 2.75) is 57.0 Å². The minimum absolute atomic E-state index is 0.0387. The second kappa shape index (κ2) is 6.72. The lowest BCUT2D eigenvalue weighted by atomic mass is 9.93. The molecule has 3 aromatic rings. The molecule has 2 saturated carbocycles. The number of ether oxygens (including phenoxy) is 1. The van der Waals surface area contributed by atoms with Crippen LogP contribution in [0.15, 0.2) is 30.0 Å². The minimum Gasteiger partial charge on any atom is -0.469 e. The molecule has 0 spiro atoms. The van der Waals surface area contributed by atoms with Crippen molar-refractivity contribution in [1.29, 1.82) is 0 Å². The largest absolute Gasteiger partial charge is 0.469 e. The lowest BCUT2D eigenvalue weighted by Gasteiger charge is -2.16. The Morgan fingerprint density at radius 3 is 2.97 bits per heavy atom. The predicted molar refractivity (Wildman–Crippen MR) is 109 cm³/mol. The number of carbonyl (C=O) groups is 1. The zero-order valence-electron chi connectivity index (χ0n) is 16.9. The van der Waals surface area contributed by atoms with Gasteiger partial charge in [-0.2, -0.15) is 0 Å². The first-order chi connectivity index (χ1) is 14.7. The van der Waals surface area contributed by atoms with Gasteiger partial charge in [0.15, 0.2) is 17.9 Å². The van der Waals surface area contributed by atoms with E-state index in [-0.39, 0.29) is 24.3 Å². The molecule has 1 unspecified atom stereocenters. The summed E-state index contributed by atoms with van der Waals surface area (Å²) in [4.78, 5) is 19.8. The van der Waals surface area contributed by atoms with E-state index in [2.05, 4.69) is 42.1 Å². The van der Waals surface area contributed by atoms with E-state index >= 15 is 0 Å². The molecule has 30 heavy (non-hydrogen) atoms. The number of rotatable bonds is 6. The van der Waals surface area contributed by atoms with E-state index in [4.69, 9.17) is 4.74 Å². The number of Topliss-reactive ketones (excluding diaryl/α,β-unsaturated/α-hetero) is 1. The molecule has 0 aromatic carbocycles. The fraction of sp³-hybridized carbons (Fsp3) is 0.524. The molecule has 0 bridgehead atoms. The van der Waals surface area contributed by atoms with E-state index < -0.39 is 0 Å². The van der Waals surface area contributed by atoms with Crippen LogP contribution < -0.4 is 10.6 Å². The number of carbonyl (C=O) groups excluding carboxylic acids is 1. The number of hydrogen-bond acceptors (Lipinski definition) is 7. The second-order valence-corrected chi connectivity index (χ2v) is 8.64. The second-order valence-electron chi connectivity index (χ2n) is 8.64. The summed E-state index contributed by atoms with van der Waals surface area (Å²) in [6.45, 7) is 2.35. The van der Waals surface area contributed by atoms with Gasteiger partial charge in [-0.25, -0.2) is 4.98 Å². The van der Waals surface area contributed by atoms with Gasteiger partial charge in [-0.3, -0.25) is 9.20 Å². The summed E-state index contributed by atoms with van der Waals surface area (Å²) < 4.78 is 7.82. The van der Waals surface area contributed by atoms with Crippen LogP contribution in [0.5, 0.6) is 0 Å². The van der Waals surface area contributed by atoms with E-state index in [9.17, 15) is 4.79 Å². The van der Waals surface area contributed by atoms with Gasteiger partial charge in [0.2, 0.25) is 11.7 Å². The average molecular weight is 407 g/mol. The van der Waals surface area contributed by atoms with Crippen LogP contribution in [0.25, 0.3) is 16.8 Å². The minimum atomic E-state index is 0.0387. The Labute approximate surface area is 173 Å². The van der Waals surface area contributed by atoms with Gasteiger partial charge >= 0.3 is 0 Å². The van der Waals surface area contributed by atoms with Gasteiger partial charge in [0.05, 0.1) is 11.7 Å². The van der Waals surface area contributed by atoms with Crippen molar-refractivity contribution in [2.75, 3.05) is 6.61 Å². The first kappa shape index (κ1) is 17.7. The Morgan fingerprint density at radius 1 is 1.23 bits per heavy atom. The highest BCUT2D eigenvalue weighted by Crippen LogP contribution is 2.42. The molecular weight excluding hydrogens is 382 g/mol. The van der Waals surface area contributed by atoms with Crippen LogP contribution in [0.3, 0.4) is 0 Å². The molecule has 3 aromatic heterocycles. The molecule has 3 N–H and O–H groups in total. The van der Waals surface area contributed by atoms with Gasteiger partial charge in [-0.1, -0.05) is 13.3 Å². The van der Waals surface area contributed by atoms with Gasteiger partial charge in [0.1, 0.15) is 11.5 Å². The number of nitrogens with one attached hydrogen (secondary N) is 3. The average Bonchev–Trinajstić information content (AvgIpc) is 3.11. The topological polar surface area (TPSA) is 109 Å². The smallest absolute Gasteiger partial charge is 0.221 e. The molecule has 0 amide bonds. The quantitative estimate of drug-likeness (QED) is 0.573. The van der Waals surface area contributed by atoms with Crippen LogP contribution in [-0.2, 0) is 9.53 Å². The Balaban J connectivity index is 1.30. The van der Waals surface area contributed by atoms with Crippen molar-refractivity contribution < 1.29 is 9.53 Å². The number of fused-ring (bicyclic) bond motifs is 3. The van der Waals surface area contributed by atoms with Crippen molar-refractivity contribution in [3.8, 4) is 0 Å². The Morgan fingerprint density at radius 2 is 2.13 bits per heavy atom. The summed E-state index contributed by atoms with van der Waals surface area (Å²) in [5, 5.41) is 15.8. The molecule has 6 rings (SSSR count). The fourth-order valence-electron chi connectivity index (χ4n) is 4.93. The molecule has 1 aliphatic heterocycles. The maximum absolute atomic E-state index is 12.2. The van der Waals surface area contributed by atoms with E-state index in [0.717, 1.165) is 54.7 Å². The van der Waals surface area contributed by atoms with Gasteiger partial charge in [-0.15, -0.1) is 10.2 Å². The number of H-pyrrole nitrogens is 1. The number of aromatic nitrogens is 5. The highest BCUT2D eigenvalue weighted by Gasteiger charge is 2.39. The number of ketones is 1. The third-order valence-electron chi connectivity index (χ3n) is 6.63. The zero-order valence-corrected chi connectivity index (χ0v) is 16.9. The van der Waals surface area contributed by atoms with Crippen molar-refractivity contribution >= 4 is 22.6 Å². The maximum Gasteiger partial charge on any atom is 0.221 e. The van der Waals surface area contributed by atoms with Gasteiger partial charge in [-0.05, 0) is 37.7 Å². The lowest BCUT2D eigenvalue weighted by Crippen LogP contribution is -2.30. The van der Waals surface area contributed by atoms with E-state index in [1.807, 2.05) is 12.3 Å². The third kappa shape index (κ3) is 2.83. The molecule has 3 atom stereocenters. The SMILES string of the molecule is CC[C@@H]1C[C@H](NC2=C(NC3CC3)C(=O)CO2)CC1c1nnc2cnc3[nH]ccc3n12. The highest BCUT2D eigenvalue weighted by molar-refractivity contribution is 5.98. The van der Waals surface area contributed by atoms with Gasteiger partial charge in [0.25, 0.3) is 0 Å². The monoisotopic (exact) mass is 407 g/mol. The summed E-state index contributed by atoms with van der Waals surface area (Å²) in [6, 6.07) is 2.67. The first-order valence-electron chi connectivity index (χ1n) is 10.8. The zero-order chi connectivity index (χ0) is 20.2. The number of nitrogens with zero attached hydrogens (tertiary/aromatic N) is 4. The molecule has 0 saturated heterocycles. The highest BCUT2D eigenvalue weighted by atomic mass is 16.5. The first-order valence-corrected chi connectivity index (χ1v) is 10.8. The normalized spacial score (nSPS) is 26.7. The standard InChI is InChI=1S/C21H25N7O2/c1-2-11-7-13(25-21-18(16(29)10-30-21)24-12-3-4-12)8-14(11)20-27-26-17-9-23-19-15(28(17)20)5-6-22-19/h5-6,9,11-14,22,24-25H,2-4,7-8,10H2,1H3/t11-,13+,14?/m1/s1. The lowest BCUT2D eigenvalue weighted by molar-refractivity contribution is -0.116. The predicted octanol–water partition coefficient (Wildman–Crippen LogP) is 1.99. The van der Waals surface area contributed by atoms with Crippen LogP contribution in [0.2, 0.25) is 0 Å². The third-order valence-corrected chi connectivity index (χ3v) is 6.63. The van der Waals surface area contributed by atoms with Crippen LogP contribution in [0.4, 0.5) is 0 Å². The molecular formula is C21H25N7O2. The molecule has 2 aliphatic carbocycles. The van der Waals surface area contributed by atoms with Crippen molar-refractivity contribution in [1.82, 2.24) is 35.2 Å². The van der Waals surface area contributed by atoms with E-state index in [1.54, 1.807) is 6.20 Å². The Hall–Kier alpha value is -3.10. The van der Waals surface area contributed by atoms with Gasteiger partial charge in [0, 0.05) is 24.2 Å². The van der Waals surface area contributed by atoms with Crippen molar-refractivity contribution in [3.63, 3.8) is 0 Å². The number of hydrogen-bond donors (Lipinski definition) is 3. The summed E-state index contributed by atoms with van der Waals surface area (Å²) in [6.07, 6.45) is 8.89. The summed E-state index contributed by atoms with van der Waals surface area (Å²) >= 11 is 0.